The molecule has 7 nitrogen and oxygen atoms in total. The number of hydrogen-bond donors (Lipinski definition) is 0. The molecule has 0 fully saturated rings. The van der Waals surface area contributed by atoms with Crippen LogP contribution in [-0.4, -0.2) is 13.7 Å². The van der Waals surface area contributed by atoms with Crippen LogP contribution in [-0.2, 0) is 0 Å². The maximum absolute atomic E-state index is 11.2. The Bertz CT molecular complexity index is 4760. The molecule has 0 atom stereocenters. The van der Waals surface area contributed by atoms with Crippen molar-refractivity contribution in [3.05, 3.63) is 222 Å². The predicted octanol–water partition coefficient (Wildman–Crippen LogP) is 15.6. The van der Waals surface area contributed by atoms with E-state index >= 15 is 0 Å². The van der Waals surface area contributed by atoms with Crippen molar-refractivity contribution < 1.29 is 0 Å². The highest BCUT2D eigenvalue weighted by molar-refractivity contribution is 6.32. The second kappa shape index (κ2) is 15.0. The molecule has 0 bridgehead atoms. The Hall–Kier alpha value is -10.4. The van der Waals surface area contributed by atoms with Crippen LogP contribution in [0.15, 0.2) is 200 Å². The van der Waals surface area contributed by atoms with E-state index in [4.69, 9.17) is 0 Å². The van der Waals surface area contributed by atoms with Gasteiger partial charge in [0, 0.05) is 49.1 Å². The molecule has 0 aliphatic rings. The van der Waals surface area contributed by atoms with Gasteiger partial charge < -0.3 is 13.7 Å². The van der Waals surface area contributed by atoms with E-state index in [-0.39, 0.29) is 0 Å². The fraction of sp³-hybridized carbons (Fsp3) is 0. The van der Waals surface area contributed by atoms with Gasteiger partial charge in [-0.3, -0.25) is 0 Å². The smallest absolute Gasteiger partial charge is 0.101 e. The Labute approximate surface area is 405 Å². The summed E-state index contributed by atoms with van der Waals surface area (Å²) in [5.41, 5.74) is 11.5. The molecular formula is C64H33N7. The summed E-state index contributed by atoms with van der Waals surface area (Å²) in [6.45, 7) is 0. The fourth-order valence-corrected chi connectivity index (χ4v) is 11.6. The SMILES string of the molecule is N#Cc1cc(C#N)cc(-n2c3ccccc3c3c4ccc(-c5cc(C#N)c(-n6c7ccc(-n8c9ccccc9c9ccccc98)cc7c7c8ccccc8ccc76)c(C#N)c5)cc4c4ccccc4c32)c1. The van der Waals surface area contributed by atoms with Gasteiger partial charge in [-0.1, -0.05) is 121 Å². The van der Waals surface area contributed by atoms with E-state index < -0.39 is 0 Å². The van der Waals surface area contributed by atoms with Crippen molar-refractivity contribution in [2.45, 2.75) is 0 Å². The first-order chi connectivity index (χ1) is 35.0. The van der Waals surface area contributed by atoms with Crippen molar-refractivity contribution in [3.63, 3.8) is 0 Å². The lowest BCUT2D eigenvalue weighted by Crippen LogP contribution is -2.02. The Morgan fingerprint density at radius 1 is 0.296 bits per heavy atom. The summed E-state index contributed by atoms with van der Waals surface area (Å²) in [4.78, 5) is 0. The topological polar surface area (TPSA) is 110 Å². The fourth-order valence-electron chi connectivity index (χ4n) is 11.6. The molecule has 14 aromatic rings. The van der Waals surface area contributed by atoms with Gasteiger partial charge >= 0.3 is 0 Å². The molecule has 3 heterocycles. The predicted molar refractivity (Wildman–Crippen MR) is 286 cm³/mol. The summed E-state index contributed by atoms with van der Waals surface area (Å²) in [6, 6.07) is 77.8. The zero-order valence-corrected chi connectivity index (χ0v) is 37.7. The normalized spacial score (nSPS) is 11.6. The number of nitrogens with zero attached hydrogens (tertiary/aromatic N) is 7. The van der Waals surface area contributed by atoms with E-state index in [1.165, 1.54) is 10.8 Å². The molecule has 11 aromatic carbocycles. The van der Waals surface area contributed by atoms with Crippen molar-refractivity contribution in [1.29, 1.82) is 21.0 Å². The summed E-state index contributed by atoms with van der Waals surface area (Å²) in [5.74, 6) is 0. The molecule has 0 radical (unpaired) electrons. The van der Waals surface area contributed by atoms with Crippen molar-refractivity contribution >= 4 is 97.7 Å². The van der Waals surface area contributed by atoms with Crippen LogP contribution in [0.5, 0.6) is 0 Å². The molecular weight excluding hydrogens is 867 g/mol. The van der Waals surface area contributed by atoms with E-state index in [2.05, 4.69) is 184 Å². The molecule has 0 saturated carbocycles. The Morgan fingerprint density at radius 3 is 1.52 bits per heavy atom. The van der Waals surface area contributed by atoms with E-state index in [1.54, 1.807) is 6.07 Å². The zero-order valence-electron chi connectivity index (χ0n) is 37.7. The van der Waals surface area contributed by atoms with Crippen molar-refractivity contribution in [2.24, 2.45) is 0 Å². The maximum atomic E-state index is 11.2. The highest BCUT2D eigenvalue weighted by Gasteiger charge is 2.24. The Morgan fingerprint density at radius 2 is 0.859 bits per heavy atom. The molecule has 0 unspecified atom stereocenters. The molecule has 324 valence electrons. The quantitative estimate of drug-likeness (QED) is 0.164. The Kier molecular flexibility index (Phi) is 8.41. The molecule has 0 saturated heterocycles. The maximum Gasteiger partial charge on any atom is 0.101 e. The molecule has 7 heteroatoms. The van der Waals surface area contributed by atoms with Crippen molar-refractivity contribution in [3.8, 4) is 52.5 Å². The van der Waals surface area contributed by atoms with Crippen molar-refractivity contribution in [1.82, 2.24) is 13.7 Å². The van der Waals surface area contributed by atoms with Crippen LogP contribution in [0.3, 0.4) is 0 Å². The average molecular weight is 900 g/mol. The zero-order chi connectivity index (χ0) is 47.5. The Balaban J connectivity index is 0.998. The standard InChI is InChI=1S/C64H33N7/c65-34-38-27-39(35-66)29-46(28-38)70-58-20-10-7-17-53(58)62-51-24-21-41(32-54(51)48-13-3-4-16-52(48)64(62)70)42-30-43(36-67)63(44(31-42)37-68)71-59-26-23-45(33-55(59)61-47-12-2-1-11-40(47)22-25-60(61)71)69-56-18-8-5-14-49(56)50-15-6-9-19-57(50)69/h1-33H. The summed E-state index contributed by atoms with van der Waals surface area (Å²) in [5, 5.41) is 55.1. The van der Waals surface area contributed by atoms with Gasteiger partial charge in [0.2, 0.25) is 0 Å². The highest BCUT2D eigenvalue weighted by atomic mass is 15.0. The summed E-state index contributed by atoms with van der Waals surface area (Å²) < 4.78 is 6.60. The molecule has 71 heavy (non-hydrogen) atoms. The first kappa shape index (κ1) is 39.7. The van der Waals surface area contributed by atoms with Crippen LogP contribution in [0.2, 0.25) is 0 Å². The molecule has 0 aliphatic heterocycles. The minimum absolute atomic E-state index is 0.386. The third kappa shape index (κ3) is 5.61. The summed E-state index contributed by atoms with van der Waals surface area (Å²) in [6.07, 6.45) is 0. The number of rotatable bonds is 4. The second-order valence-electron chi connectivity index (χ2n) is 18.1. The molecule has 0 spiro atoms. The summed E-state index contributed by atoms with van der Waals surface area (Å²) >= 11 is 0. The van der Waals surface area contributed by atoms with Gasteiger partial charge in [-0.2, -0.15) is 21.0 Å². The minimum atomic E-state index is 0.386. The van der Waals surface area contributed by atoms with Gasteiger partial charge in [0.05, 0.1) is 73.2 Å². The molecule has 14 rings (SSSR count). The van der Waals surface area contributed by atoms with Gasteiger partial charge in [-0.25, -0.2) is 0 Å². The van der Waals surface area contributed by atoms with Gasteiger partial charge in [-0.05, 0) is 117 Å². The third-order valence-corrected chi connectivity index (χ3v) is 14.5. The third-order valence-electron chi connectivity index (χ3n) is 14.5. The van der Waals surface area contributed by atoms with Crippen LogP contribution in [0.25, 0.3) is 126 Å². The first-order valence-corrected chi connectivity index (χ1v) is 23.3. The van der Waals surface area contributed by atoms with Crippen LogP contribution < -0.4 is 0 Å². The number of benzene rings is 11. The number of fused-ring (bicyclic) bond motifs is 16. The van der Waals surface area contributed by atoms with E-state index in [0.717, 1.165) is 109 Å². The van der Waals surface area contributed by atoms with Crippen LogP contribution in [0.1, 0.15) is 22.3 Å². The molecule has 0 amide bonds. The average Bonchev–Trinajstić information content (AvgIpc) is 4.08. The minimum Gasteiger partial charge on any atom is -0.309 e. The van der Waals surface area contributed by atoms with E-state index in [1.807, 2.05) is 48.5 Å². The largest absolute Gasteiger partial charge is 0.309 e. The number of hydrogen-bond acceptors (Lipinski definition) is 4. The highest BCUT2D eigenvalue weighted by Crippen LogP contribution is 2.45. The number of nitriles is 4. The lowest BCUT2D eigenvalue weighted by Gasteiger charge is -2.16. The molecule has 3 aromatic heterocycles. The van der Waals surface area contributed by atoms with Crippen LogP contribution >= 0.6 is 0 Å². The van der Waals surface area contributed by atoms with E-state index in [0.29, 0.717) is 27.9 Å². The monoisotopic (exact) mass is 899 g/mol. The van der Waals surface area contributed by atoms with Gasteiger partial charge in [0.15, 0.2) is 0 Å². The van der Waals surface area contributed by atoms with Crippen LogP contribution in [0, 0.1) is 45.3 Å². The van der Waals surface area contributed by atoms with E-state index in [9.17, 15) is 21.0 Å². The molecule has 0 N–H and O–H groups in total. The number of aromatic nitrogens is 3. The summed E-state index contributed by atoms with van der Waals surface area (Å²) in [7, 11) is 0. The number of para-hydroxylation sites is 3. The first-order valence-electron chi connectivity index (χ1n) is 23.3. The second-order valence-corrected chi connectivity index (χ2v) is 18.1. The van der Waals surface area contributed by atoms with Crippen LogP contribution in [0.4, 0.5) is 0 Å². The van der Waals surface area contributed by atoms with Gasteiger partial charge in [0.1, 0.15) is 12.1 Å². The van der Waals surface area contributed by atoms with Gasteiger partial charge in [0.25, 0.3) is 0 Å². The molecule has 0 aliphatic carbocycles. The lowest BCUT2D eigenvalue weighted by atomic mass is 9.92. The van der Waals surface area contributed by atoms with Gasteiger partial charge in [-0.15, -0.1) is 0 Å². The van der Waals surface area contributed by atoms with Crippen molar-refractivity contribution in [2.75, 3.05) is 0 Å². The lowest BCUT2D eigenvalue weighted by molar-refractivity contribution is 1.15.